The Balaban J connectivity index is 1.56. The standard InChI is InChI=1S/C12H24N2O/c1-11(12-5-4-10-15-12)13-6-9-14-7-2-3-8-14/h11-13H,2-10H2,1H3. The average Bonchev–Trinajstić information content (AvgIpc) is 2.90. The summed E-state index contributed by atoms with van der Waals surface area (Å²) in [6.07, 6.45) is 5.71. The Morgan fingerprint density at radius 1 is 1.33 bits per heavy atom. The van der Waals surface area contributed by atoms with E-state index in [1.165, 1.54) is 45.3 Å². The molecule has 0 amide bonds. The third-order valence-corrected chi connectivity index (χ3v) is 3.62. The first kappa shape index (κ1) is 11.4. The van der Waals surface area contributed by atoms with E-state index < -0.39 is 0 Å². The summed E-state index contributed by atoms with van der Waals surface area (Å²) in [5.41, 5.74) is 0. The molecule has 88 valence electrons. The van der Waals surface area contributed by atoms with E-state index in [4.69, 9.17) is 4.74 Å². The van der Waals surface area contributed by atoms with Crippen LogP contribution in [0.5, 0.6) is 0 Å². The molecule has 3 heteroatoms. The molecule has 0 saturated carbocycles. The number of nitrogens with zero attached hydrogens (tertiary/aromatic N) is 1. The number of hydrogen-bond donors (Lipinski definition) is 1. The van der Waals surface area contributed by atoms with Gasteiger partial charge in [-0.2, -0.15) is 0 Å². The van der Waals surface area contributed by atoms with Crippen molar-refractivity contribution in [3.8, 4) is 0 Å². The first-order valence-electron chi connectivity index (χ1n) is 6.43. The zero-order valence-electron chi connectivity index (χ0n) is 9.87. The third kappa shape index (κ3) is 3.44. The summed E-state index contributed by atoms with van der Waals surface area (Å²) < 4.78 is 5.66. The Hall–Kier alpha value is -0.120. The first-order chi connectivity index (χ1) is 7.36. The second-order valence-electron chi connectivity index (χ2n) is 4.84. The molecule has 2 heterocycles. The molecule has 2 aliphatic rings. The van der Waals surface area contributed by atoms with Crippen LogP contribution in [0.4, 0.5) is 0 Å². The molecule has 2 atom stereocenters. The second-order valence-corrected chi connectivity index (χ2v) is 4.84. The molecule has 0 radical (unpaired) electrons. The van der Waals surface area contributed by atoms with E-state index in [0.29, 0.717) is 12.1 Å². The van der Waals surface area contributed by atoms with Crippen LogP contribution in [0.2, 0.25) is 0 Å². The molecule has 2 unspecified atom stereocenters. The Labute approximate surface area is 93.2 Å². The topological polar surface area (TPSA) is 24.5 Å². The van der Waals surface area contributed by atoms with Crippen molar-refractivity contribution >= 4 is 0 Å². The minimum Gasteiger partial charge on any atom is -0.377 e. The molecule has 2 aliphatic heterocycles. The highest BCUT2D eigenvalue weighted by Crippen LogP contribution is 2.15. The van der Waals surface area contributed by atoms with Crippen LogP contribution < -0.4 is 5.32 Å². The lowest BCUT2D eigenvalue weighted by molar-refractivity contribution is 0.0829. The van der Waals surface area contributed by atoms with Crippen LogP contribution in [-0.2, 0) is 4.74 Å². The van der Waals surface area contributed by atoms with Gasteiger partial charge in [0.25, 0.3) is 0 Å². The van der Waals surface area contributed by atoms with Gasteiger partial charge in [-0.3, -0.25) is 0 Å². The van der Waals surface area contributed by atoms with E-state index in [-0.39, 0.29) is 0 Å². The SMILES string of the molecule is CC(NCCN1CCCC1)C1CCCO1. The van der Waals surface area contributed by atoms with Gasteiger partial charge in [0.15, 0.2) is 0 Å². The number of hydrogen-bond acceptors (Lipinski definition) is 3. The Kier molecular flexibility index (Phi) is 4.42. The van der Waals surface area contributed by atoms with Gasteiger partial charge in [0.1, 0.15) is 0 Å². The van der Waals surface area contributed by atoms with Crippen molar-refractivity contribution in [2.45, 2.75) is 44.8 Å². The molecule has 0 bridgehead atoms. The molecule has 0 aromatic rings. The molecule has 2 saturated heterocycles. The zero-order valence-corrected chi connectivity index (χ0v) is 9.87. The van der Waals surface area contributed by atoms with Crippen LogP contribution in [0.15, 0.2) is 0 Å². The second kappa shape index (κ2) is 5.83. The van der Waals surface area contributed by atoms with Crippen LogP contribution in [-0.4, -0.2) is 49.8 Å². The summed E-state index contributed by atoms with van der Waals surface area (Å²) in [6.45, 7) is 8.13. The van der Waals surface area contributed by atoms with Crippen molar-refractivity contribution in [3.63, 3.8) is 0 Å². The zero-order chi connectivity index (χ0) is 10.5. The van der Waals surface area contributed by atoms with E-state index in [9.17, 15) is 0 Å². The summed E-state index contributed by atoms with van der Waals surface area (Å²) in [7, 11) is 0. The number of nitrogens with one attached hydrogen (secondary N) is 1. The molecule has 2 rings (SSSR count). The van der Waals surface area contributed by atoms with Gasteiger partial charge in [0.05, 0.1) is 6.10 Å². The van der Waals surface area contributed by atoms with Crippen molar-refractivity contribution in [2.75, 3.05) is 32.8 Å². The lowest BCUT2D eigenvalue weighted by atomic mass is 10.1. The normalized spacial score (nSPS) is 29.8. The van der Waals surface area contributed by atoms with Crippen molar-refractivity contribution < 1.29 is 4.74 Å². The van der Waals surface area contributed by atoms with Crippen LogP contribution >= 0.6 is 0 Å². The third-order valence-electron chi connectivity index (χ3n) is 3.62. The van der Waals surface area contributed by atoms with Gasteiger partial charge >= 0.3 is 0 Å². The highest BCUT2D eigenvalue weighted by Gasteiger charge is 2.21. The largest absolute Gasteiger partial charge is 0.377 e. The van der Waals surface area contributed by atoms with E-state index in [0.717, 1.165) is 13.2 Å². The summed E-state index contributed by atoms with van der Waals surface area (Å²) in [4.78, 5) is 2.55. The smallest absolute Gasteiger partial charge is 0.0726 e. The summed E-state index contributed by atoms with van der Waals surface area (Å²) in [6, 6.07) is 0.523. The van der Waals surface area contributed by atoms with Gasteiger partial charge in [-0.1, -0.05) is 0 Å². The van der Waals surface area contributed by atoms with E-state index in [2.05, 4.69) is 17.1 Å². The highest BCUT2D eigenvalue weighted by atomic mass is 16.5. The fourth-order valence-corrected chi connectivity index (χ4v) is 2.58. The van der Waals surface area contributed by atoms with Gasteiger partial charge in [-0.15, -0.1) is 0 Å². The highest BCUT2D eigenvalue weighted by molar-refractivity contribution is 4.77. The molecule has 0 aromatic carbocycles. The maximum Gasteiger partial charge on any atom is 0.0726 e. The van der Waals surface area contributed by atoms with E-state index >= 15 is 0 Å². The van der Waals surface area contributed by atoms with Gasteiger partial charge in [-0.25, -0.2) is 0 Å². The average molecular weight is 212 g/mol. The van der Waals surface area contributed by atoms with Crippen LogP contribution in [0, 0.1) is 0 Å². The lowest BCUT2D eigenvalue weighted by Gasteiger charge is -2.22. The fraction of sp³-hybridized carbons (Fsp3) is 1.00. The maximum absolute atomic E-state index is 5.66. The van der Waals surface area contributed by atoms with Crippen molar-refractivity contribution in [2.24, 2.45) is 0 Å². The molecule has 0 aliphatic carbocycles. The summed E-state index contributed by atoms with van der Waals surface area (Å²) in [5.74, 6) is 0. The first-order valence-corrected chi connectivity index (χ1v) is 6.43. The van der Waals surface area contributed by atoms with Crippen LogP contribution in [0.25, 0.3) is 0 Å². The Morgan fingerprint density at radius 3 is 2.80 bits per heavy atom. The minimum atomic E-state index is 0.462. The predicted octanol–water partition coefficient (Wildman–Crippen LogP) is 1.24. The Bertz CT molecular complexity index is 174. The van der Waals surface area contributed by atoms with Crippen molar-refractivity contribution in [1.29, 1.82) is 0 Å². The maximum atomic E-state index is 5.66. The molecule has 3 nitrogen and oxygen atoms in total. The molecule has 1 N–H and O–H groups in total. The monoisotopic (exact) mass is 212 g/mol. The fourth-order valence-electron chi connectivity index (χ4n) is 2.58. The van der Waals surface area contributed by atoms with Gasteiger partial charge in [0.2, 0.25) is 0 Å². The molecule has 2 fully saturated rings. The number of rotatable bonds is 5. The predicted molar refractivity (Wildman–Crippen MR) is 62.1 cm³/mol. The molecule has 0 spiro atoms. The molecule has 0 aromatic heterocycles. The molecule has 15 heavy (non-hydrogen) atoms. The summed E-state index contributed by atoms with van der Waals surface area (Å²) in [5, 5.41) is 3.58. The van der Waals surface area contributed by atoms with Gasteiger partial charge in [-0.05, 0) is 45.7 Å². The molecular weight excluding hydrogens is 188 g/mol. The van der Waals surface area contributed by atoms with Crippen LogP contribution in [0.3, 0.4) is 0 Å². The summed E-state index contributed by atoms with van der Waals surface area (Å²) >= 11 is 0. The lowest BCUT2D eigenvalue weighted by Crippen LogP contribution is -2.41. The number of ether oxygens (including phenoxy) is 1. The number of likely N-dealkylation sites (tertiary alicyclic amines) is 1. The minimum absolute atomic E-state index is 0.462. The molecular formula is C12H24N2O. The van der Waals surface area contributed by atoms with E-state index in [1.54, 1.807) is 0 Å². The quantitative estimate of drug-likeness (QED) is 0.742. The van der Waals surface area contributed by atoms with E-state index in [1.807, 2.05) is 0 Å². The van der Waals surface area contributed by atoms with Gasteiger partial charge < -0.3 is 15.0 Å². The van der Waals surface area contributed by atoms with Crippen LogP contribution in [0.1, 0.15) is 32.6 Å². The Morgan fingerprint density at radius 2 is 2.13 bits per heavy atom. The van der Waals surface area contributed by atoms with Crippen molar-refractivity contribution in [1.82, 2.24) is 10.2 Å². The van der Waals surface area contributed by atoms with Crippen molar-refractivity contribution in [3.05, 3.63) is 0 Å². The van der Waals surface area contributed by atoms with Gasteiger partial charge in [0, 0.05) is 25.7 Å².